The quantitative estimate of drug-likeness (QED) is 0.369. The molecule has 2 atom stereocenters. The Labute approximate surface area is 213 Å². The molecule has 36 heavy (non-hydrogen) atoms. The van der Waals surface area contributed by atoms with E-state index in [1.165, 1.54) is 10.5 Å². The molecule has 1 fully saturated rings. The van der Waals surface area contributed by atoms with Crippen molar-refractivity contribution in [2.24, 2.45) is 0 Å². The van der Waals surface area contributed by atoms with Crippen molar-refractivity contribution in [3.63, 3.8) is 0 Å². The molecule has 0 amide bonds. The number of alkyl halides is 1. The number of carboxylic acid groups (broad SMARTS) is 1. The molecule has 4 rings (SSSR count). The van der Waals surface area contributed by atoms with Gasteiger partial charge in [0.25, 0.3) is 5.56 Å². The van der Waals surface area contributed by atoms with Crippen molar-refractivity contribution in [2.75, 3.05) is 11.4 Å². The van der Waals surface area contributed by atoms with Crippen molar-refractivity contribution in [3.05, 3.63) is 51.9 Å². The van der Waals surface area contributed by atoms with Gasteiger partial charge >= 0.3 is 5.97 Å². The van der Waals surface area contributed by atoms with E-state index in [0.717, 1.165) is 24.8 Å². The zero-order valence-electron chi connectivity index (χ0n) is 20.2. The summed E-state index contributed by atoms with van der Waals surface area (Å²) in [4.78, 5) is 43.4. The van der Waals surface area contributed by atoms with Gasteiger partial charge in [0.2, 0.25) is 5.78 Å². The number of hydrogen-bond acceptors (Lipinski definition) is 5. The van der Waals surface area contributed by atoms with Crippen LogP contribution in [0.25, 0.3) is 17.0 Å². The molecule has 3 heterocycles. The zero-order chi connectivity index (χ0) is 25.8. The zero-order valence-corrected chi connectivity index (χ0v) is 21.0. The topological polar surface area (TPSA) is 96.9 Å². The fourth-order valence-electron chi connectivity index (χ4n) is 4.74. The molecule has 192 valence electrons. The van der Waals surface area contributed by atoms with Gasteiger partial charge in [-0.25, -0.2) is 9.37 Å². The summed E-state index contributed by atoms with van der Waals surface area (Å²) in [6.45, 7) is 2.64. The number of anilines is 1. The highest BCUT2D eigenvalue weighted by molar-refractivity contribution is 6.30. The molecule has 1 aromatic carbocycles. The Morgan fingerprint density at radius 3 is 2.61 bits per heavy atom. The average molecular weight is 517 g/mol. The average Bonchev–Trinajstić information content (AvgIpc) is 3.45. The Kier molecular flexibility index (Phi) is 8.08. The largest absolute Gasteiger partial charge is 0.481 e. The molecule has 0 spiro atoms. The van der Waals surface area contributed by atoms with Gasteiger partial charge < -0.3 is 10.0 Å². The predicted octanol–water partition coefficient (Wildman–Crippen LogP) is 4.75. The van der Waals surface area contributed by atoms with Crippen LogP contribution in [0, 0.1) is 0 Å². The Hall–Kier alpha value is -3.20. The smallest absolute Gasteiger partial charge is 0.303 e. The van der Waals surface area contributed by atoms with Gasteiger partial charge in [-0.2, -0.15) is 0 Å². The standard InChI is InChI=1S/C26H30ClFN4O4/c1-2-3-4-12-30-23(31-15-19(28)13-21(31)22(33)6-5-7-25(35)36)14-24(34)32-16-20(29-26(30)32)17-8-10-18(27)11-9-17/h8-11,14,16,19,21H,2-7,12-13,15H2,1H3,(H,35,36)/t19-,21-/m0/s1. The van der Waals surface area contributed by atoms with Crippen LogP contribution < -0.4 is 10.5 Å². The number of aliphatic carboxylic acids is 1. The highest BCUT2D eigenvalue weighted by Crippen LogP contribution is 2.30. The van der Waals surface area contributed by atoms with Gasteiger partial charge in [-0.05, 0) is 25.0 Å². The van der Waals surface area contributed by atoms with Crippen LogP contribution in [-0.4, -0.2) is 49.6 Å². The van der Waals surface area contributed by atoms with Crippen molar-refractivity contribution in [2.45, 2.75) is 70.6 Å². The number of benzene rings is 1. The second kappa shape index (κ2) is 11.2. The Bertz CT molecular complexity index is 1300. The van der Waals surface area contributed by atoms with E-state index in [0.29, 0.717) is 28.9 Å². The molecular formula is C26H30ClFN4O4. The summed E-state index contributed by atoms with van der Waals surface area (Å²) in [5.74, 6) is -0.291. The van der Waals surface area contributed by atoms with Crippen LogP contribution in [0.15, 0.2) is 41.3 Å². The predicted molar refractivity (Wildman–Crippen MR) is 137 cm³/mol. The summed E-state index contributed by atoms with van der Waals surface area (Å²) in [7, 11) is 0. The third-order valence-corrected chi connectivity index (χ3v) is 6.80. The highest BCUT2D eigenvalue weighted by Gasteiger charge is 2.38. The number of Topliss-reactive ketones (excluding diaryl/α,β-unsaturated/α-hetero) is 1. The molecule has 0 radical (unpaired) electrons. The summed E-state index contributed by atoms with van der Waals surface area (Å²) in [5.41, 5.74) is 1.09. The Morgan fingerprint density at radius 2 is 1.92 bits per heavy atom. The maximum Gasteiger partial charge on any atom is 0.303 e. The van der Waals surface area contributed by atoms with Crippen LogP contribution in [0.3, 0.4) is 0 Å². The normalized spacial score (nSPS) is 17.7. The molecule has 0 bridgehead atoms. The van der Waals surface area contributed by atoms with E-state index in [1.807, 2.05) is 16.7 Å². The minimum absolute atomic E-state index is 0.0104. The lowest BCUT2D eigenvalue weighted by molar-refractivity contribution is -0.137. The number of rotatable bonds is 11. The van der Waals surface area contributed by atoms with Gasteiger partial charge in [-0.3, -0.25) is 23.4 Å². The molecule has 1 saturated heterocycles. The number of imidazole rings is 1. The molecule has 1 aliphatic rings. The van der Waals surface area contributed by atoms with Crippen LogP contribution in [0.5, 0.6) is 0 Å². The summed E-state index contributed by atoms with van der Waals surface area (Å²) in [5, 5.41) is 9.49. The molecule has 3 aromatic rings. The van der Waals surface area contributed by atoms with E-state index >= 15 is 0 Å². The SMILES string of the molecule is CCCCCn1c(N2C[C@@H](F)C[C@H]2C(=O)CCCC(=O)O)cc(=O)n2cc(-c3ccc(Cl)cc3)nc12. The number of halogens is 2. The first-order valence-corrected chi connectivity index (χ1v) is 12.7. The van der Waals surface area contributed by atoms with Gasteiger partial charge in [0, 0.05) is 48.7 Å². The molecule has 0 unspecified atom stereocenters. The molecule has 1 N–H and O–H groups in total. The van der Waals surface area contributed by atoms with Crippen LogP contribution in [0.4, 0.5) is 10.2 Å². The molecule has 0 aliphatic carbocycles. The summed E-state index contributed by atoms with van der Waals surface area (Å²) < 4.78 is 18.0. The molecule has 2 aromatic heterocycles. The van der Waals surface area contributed by atoms with Gasteiger partial charge in [0.1, 0.15) is 12.0 Å². The van der Waals surface area contributed by atoms with Gasteiger partial charge in [-0.1, -0.05) is 43.5 Å². The van der Waals surface area contributed by atoms with E-state index in [2.05, 4.69) is 6.92 Å². The maximum absolute atomic E-state index is 14.6. The van der Waals surface area contributed by atoms with Crippen LogP contribution >= 0.6 is 11.6 Å². The second-order valence-corrected chi connectivity index (χ2v) is 9.65. The maximum atomic E-state index is 14.6. The Morgan fingerprint density at radius 1 is 1.17 bits per heavy atom. The number of aryl methyl sites for hydroxylation is 1. The number of carbonyl (C=O) groups is 2. The highest BCUT2D eigenvalue weighted by atomic mass is 35.5. The van der Waals surface area contributed by atoms with Gasteiger partial charge in [0.05, 0.1) is 18.3 Å². The first-order valence-electron chi connectivity index (χ1n) is 12.3. The Balaban J connectivity index is 1.76. The molecule has 8 nitrogen and oxygen atoms in total. The lowest BCUT2D eigenvalue weighted by Gasteiger charge is -2.28. The summed E-state index contributed by atoms with van der Waals surface area (Å²) in [6.07, 6.45) is 3.39. The number of aromatic nitrogens is 3. The lowest BCUT2D eigenvalue weighted by atomic mass is 10.0. The first-order chi connectivity index (χ1) is 17.3. The number of nitrogens with zero attached hydrogens (tertiary/aromatic N) is 4. The van der Waals surface area contributed by atoms with Crippen molar-refractivity contribution < 1.29 is 19.1 Å². The first kappa shape index (κ1) is 25.9. The van der Waals surface area contributed by atoms with E-state index in [1.54, 1.807) is 23.2 Å². The number of carboxylic acids is 1. The van der Waals surface area contributed by atoms with Crippen molar-refractivity contribution in [3.8, 4) is 11.3 Å². The minimum Gasteiger partial charge on any atom is -0.481 e. The molecule has 10 heteroatoms. The minimum atomic E-state index is -1.22. The molecule has 0 saturated carbocycles. The number of carbonyl (C=O) groups excluding carboxylic acids is 1. The molecular weight excluding hydrogens is 487 g/mol. The van der Waals surface area contributed by atoms with Crippen molar-refractivity contribution in [1.82, 2.24) is 14.0 Å². The molecule has 1 aliphatic heterocycles. The second-order valence-electron chi connectivity index (χ2n) is 9.22. The third-order valence-electron chi connectivity index (χ3n) is 6.55. The van der Waals surface area contributed by atoms with E-state index in [9.17, 15) is 18.8 Å². The monoisotopic (exact) mass is 516 g/mol. The third kappa shape index (κ3) is 5.61. The van der Waals surface area contributed by atoms with Gasteiger partial charge in [0.15, 0.2) is 5.78 Å². The fraction of sp³-hybridized carbons (Fsp3) is 0.462. The van der Waals surface area contributed by atoms with Crippen molar-refractivity contribution >= 4 is 34.9 Å². The number of ketones is 1. The lowest BCUT2D eigenvalue weighted by Crippen LogP contribution is -2.39. The van der Waals surface area contributed by atoms with Gasteiger partial charge in [-0.15, -0.1) is 0 Å². The van der Waals surface area contributed by atoms with Crippen LogP contribution in [0.2, 0.25) is 5.02 Å². The van der Waals surface area contributed by atoms with E-state index in [-0.39, 0.29) is 43.6 Å². The summed E-state index contributed by atoms with van der Waals surface area (Å²) >= 11 is 6.02. The number of hydrogen-bond donors (Lipinski definition) is 1. The van der Waals surface area contributed by atoms with E-state index < -0.39 is 18.2 Å². The fourth-order valence-corrected chi connectivity index (χ4v) is 4.87. The number of unbranched alkanes of at least 4 members (excludes halogenated alkanes) is 2. The number of fused-ring (bicyclic) bond motifs is 1. The van der Waals surface area contributed by atoms with Crippen LogP contribution in [-0.2, 0) is 16.1 Å². The van der Waals surface area contributed by atoms with Crippen LogP contribution in [0.1, 0.15) is 51.9 Å². The van der Waals surface area contributed by atoms with E-state index in [4.69, 9.17) is 21.7 Å². The van der Waals surface area contributed by atoms with Crippen molar-refractivity contribution in [1.29, 1.82) is 0 Å². The summed E-state index contributed by atoms with van der Waals surface area (Å²) in [6, 6.07) is 7.87.